The monoisotopic (exact) mass is 307 g/mol. The summed E-state index contributed by atoms with van der Waals surface area (Å²) < 4.78 is 5.74. The van der Waals surface area contributed by atoms with Gasteiger partial charge in [0.2, 0.25) is 0 Å². The van der Waals surface area contributed by atoms with Gasteiger partial charge >= 0.3 is 0 Å². The molecule has 104 valence electrons. The molecule has 0 saturated heterocycles. The summed E-state index contributed by atoms with van der Waals surface area (Å²) in [6, 6.07) is 12.0. The lowest BCUT2D eigenvalue weighted by molar-refractivity contribution is 0.306. The minimum atomic E-state index is 0.260. The number of halogens is 2. The lowest BCUT2D eigenvalue weighted by Gasteiger charge is -2.08. The first kappa shape index (κ1) is 13.7. The Bertz CT molecular complexity index is 642. The highest BCUT2D eigenvalue weighted by Crippen LogP contribution is 2.27. The molecule has 1 aliphatic rings. The number of hydrogen-bond donors (Lipinski definition) is 1. The van der Waals surface area contributed by atoms with E-state index < -0.39 is 0 Å². The largest absolute Gasteiger partial charge is 0.489 e. The molecule has 1 atom stereocenters. The molecule has 2 N–H and O–H groups in total. The molecule has 0 heterocycles. The second-order valence-corrected chi connectivity index (χ2v) is 5.95. The maximum atomic E-state index is 5.97. The van der Waals surface area contributed by atoms with E-state index in [1.807, 2.05) is 6.07 Å². The van der Waals surface area contributed by atoms with Gasteiger partial charge < -0.3 is 10.5 Å². The van der Waals surface area contributed by atoms with Crippen molar-refractivity contribution in [1.82, 2.24) is 0 Å². The Balaban J connectivity index is 1.70. The quantitative estimate of drug-likeness (QED) is 0.930. The van der Waals surface area contributed by atoms with E-state index in [-0.39, 0.29) is 6.04 Å². The van der Waals surface area contributed by atoms with Gasteiger partial charge in [0.25, 0.3) is 0 Å². The van der Waals surface area contributed by atoms with Crippen molar-refractivity contribution in [3.8, 4) is 5.75 Å². The third-order valence-electron chi connectivity index (χ3n) is 3.53. The molecular weight excluding hydrogens is 293 g/mol. The second kappa shape index (κ2) is 5.65. The summed E-state index contributed by atoms with van der Waals surface area (Å²) in [7, 11) is 0. The first-order valence-corrected chi connectivity index (χ1v) is 7.31. The van der Waals surface area contributed by atoms with Crippen molar-refractivity contribution in [3.05, 3.63) is 63.1 Å². The highest BCUT2D eigenvalue weighted by molar-refractivity contribution is 6.42. The fraction of sp³-hybridized carbons (Fsp3) is 0.250. The number of hydrogen-bond acceptors (Lipinski definition) is 2. The van der Waals surface area contributed by atoms with Crippen LogP contribution in [0.15, 0.2) is 36.4 Å². The molecule has 4 heteroatoms. The molecule has 2 nitrogen and oxygen atoms in total. The van der Waals surface area contributed by atoms with Crippen LogP contribution < -0.4 is 10.5 Å². The van der Waals surface area contributed by atoms with Crippen LogP contribution in [0.4, 0.5) is 0 Å². The van der Waals surface area contributed by atoms with Gasteiger partial charge in [0.15, 0.2) is 0 Å². The molecule has 0 aromatic heterocycles. The Morgan fingerprint density at radius 2 is 1.80 bits per heavy atom. The van der Waals surface area contributed by atoms with Gasteiger partial charge in [-0.25, -0.2) is 0 Å². The van der Waals surface area contributed by atoms with Crippen LogP contribution in [-0.2, 0) is 19.4 Å². The Kier molecular flexibility index (Phi) is 3.88. The number of benzene rings is 2. The highest BCUT2D eigenvalue weighted by atomic mass is 35.5. The minimum Gasteiger partial charge on any atom is -0.489 e. The normalized spacial score (nSPS) is 17.1. The van der Waals surface area contributed by atoms with Gasteiger partial charge in [0.05, 0.1) is 10.0 Å². The number of fused-ring (bicyclic) bond motifs is 1. The molecule has 0 radical (unpaired) electrons. The van der Waals surface area contributed by atoms with Crippen LogP contribution in [0.2, 0.25) is 10.0 Å². The van der Waals surface area contributed by atoms with E-state index in [4.69, 9.17) is 33.7 Å². The van der Waals surface area contributed by atoms with Crippen molar-refractivity contribution in [1.29, 1.82) is 0 Å². The average molecular weight is 308 g/mol. The average Bonchev–Trinajstić information content (AvgIpc) is 2.79. The van der Waals surface area contributed by atoms with E-state index in [1.54, 1.807) is 12.1 Å². The molecule has 0 amide bonds. The zero-order valence-electron chi connectivity index (χ0n) is 10.9. The third-order valence-corrected chi connectivity index (χ3v) is 4.27. The fourth-order valence-corrected chi connectivity index (χ4v) is 2.82. The summed E-state index contributed by atoms with van der Waals surface area (Å²) in [5.74, 6) is 0.719. The smallest absolute Gasteiger partial charge is 0.121 e. The summed E-state index contributed by atoms with van der Waals surface area (Å²) in [6.45, 7) is 0.514. The van der Waals surface area contributed by atoms with E-state index >= 15 is 0 Å². The summed E-state index contributed by atoms with van der Waals surface area (Å²) in [5.41, 5.74) is 9.81. The van der Waals surface area contributed by atoms with Crippen LogP contribution in [0, 0.1) is 0 Å². The Labute approximate surface area is 128 Å². The molecule has 1 unspecified atom stereocenters. The van der Waals surface area contributed by atoms with Crippen LogP contribution in [0.1, 0.15) is 16.7 Å². The van der Waals surface area contributed by atoms with Crippen LogP contribution >= 0.6 is 23.2 Å². The molecule has 0 aliphatic heterocycles. The van der Waals surface area contributed by atoms with Crippen molar-refractivity contribution in [3.63, 3.8) is 0 Å². The Morgan fingerprint density at radius 1 is 1.00 bits per heavy atom. The van der Waals surface area contributed by atoms with Crippen LogP contribution in [-0.4, -0.2) is 6.04 Å². The van der Waals surface area contributed by atoms with Gasteiger partial charge in [-0.2, -0.15) is 0 Å². The predicted octanol–water partition coefficient (Wildman–Crippen LogP) is 4.00. The molecule has 20 heavy (non-hydrogen) atoms. The second-order valence-electron chi connectivity index (χ2n) is 5.14. The molecule has 2 aromatic rings. The van der Waals surface area contributed by atoms with Crippen LogP contribution in [0.5, 0.6) is 5.75 Å². The van der Waals surface area contributed by atoms with Crippen molar-refractivity contribution in [2.45, 2.75) is 25.5 Å². The summed E-state index contributed by atoms with van der Waals surface area (Å²) in [4.78, 5) is 0. The molecule has 1 aliphatic carbocycles. The maximum absolute atomic E-state index is 5.97. The predicted molar refractivity (Wildman–Crippen MR) is 82.6 cm³/mol. The van der Waals surface area contributed by atoms with Crippen molar-refractivity contribution in [2.75, 3.05) is 0 Å². The minimum absolute atomic E-state index is 0.260. The van der Waals surface area contributed by atoms with E-state index in [1.165, 1.54) is 11.1 Å². The maximum Gasteiger partial charge on any atom is 0.121 e. The Hall–Kier alpha value is -1.22. The summed E-state index contributed by atoms with van der Waals surface area (Å²) >= 11 is 11.8. The molecule has 2 aromatic carbocycles. The first-order chi connectivity index (χ1) is 9.61. The SMILES string of the molecule is NC1Cc2ccc(COc3ccc(Cl)c(Cl)c3)cc2C1. The van der Waals surface area contributed by atoms with E-state index in [0.29, 0.717) is 16.7 Å². The lowest BCUT2D eigenvalue weighted by atomic mass is 10.1. The molecule has 0 spiro atoms. The highest BCUT2D eigenvalue weighted by Gasteiger charge is 2.17. The zero-order valence-corrected chi connectivity index (χ0v) is 12.4. The van der Waals surface area contributed by atoms with Gasteiger partial charge in [-0.05, 0) is 41.7 Å². The lowest BCUT2D eigenvalue weighted by Crippen LogP contribution is -2.18. The number of ether oxygens (including phenoxy) is 1. The van der Waals surface area contributed by atoms with E-state index in [2.05, 4.69) is 18.2 Å². The van der Waals surface area contributed by atoms with Crippen LogP contribution in [0.25, 0.3) is 0 Å². The molecule has 3 rings (SSSR count). The Morgan fingerprint density at radius 3 is 2.60 bits per heavy atom. The fourth-order valence-electron chi connectivity index (χ4n) is 2.53. The van der Waals surface area contributed by atoms with E-state index in [9.17, 15) is 0 Å². The van der Waals surface area contributed by atoms with Gasteiger partial charge in [-0.15, -0.1) is 0 Å². The third kappa shape index (κ3) is 2.93. The van der Waals surface area contributed by atoms with Gasteiger partial charge in [-0.3, -0.25) is 0 Å². The van der Waals surface area contributed by atoms with Gasteiger partial charge in [-0.1, -0.05) is 41.4 Å². The zero-order chi connectivity index (χ0) is 14.1. The van der Waals surface area contributed by atoms with Crippen LogP contribution in [0.3, 0.4) is 0 Å². The molecular formula is C16H15Cl2NO. The molecule has 0 fully saturated rings. The van der Waals surface area contributed by atoms with Crippen molar-refractivity contribution < 1.29 is 4.74 Å². The topological polar surface area (TPSA) is 35.2 Å². The summed E-state index contributed by atoms with van der Waals surface area (Å²) in [6.07, 6.45) is 1.93. The number of nitrogens with two attached hydrogens (primary N) is 1. The number of rotatable bonds is 3. The van der Waals surface area contributed by atoms with E-state index in [0.717, 1.165) is 24.2 Å². The standard InChI is InChI=1S/C16H15Cl2NO/c17-15-4-3-14(8-16(15)18)20-9-10-1-2-11-6-13(19)7-12(11)5-10/h1-5,8,13H,6-7,9,19H2. The van der Waals surface area contributed by atoms with Gasteiger partial charge in [0.1, 0.15) is 12.4 Å². The van der Waals surface area contributed by atoms with Gasteiger partial charge in [0, 0.05) is 12.1 Å². The summed E-state index contributed by atoms with van der Waals surface area (Å²) in [5, 5.41) is 1.04. The molecule has 0 bridgehead atoms. The van der Waals surface area contributed by atoms with Crippen molar-refractivity contribution in [2.24, 2.45) is 5.73 Å². The molecule has 0 saturated carbocycles. The van der Waals surface area contributed by atoms with Crippen molar-refractivity contribution >= 4 is 23.2 Å². The first-order valence-electron chi connectivity index (χ1n) is 6.56.